The van der Waals surface area contributed by atoms with Crippen molar-refractivity contribution in [2.75, 3.05) is 11.1 Å². The number of rotatable bonds is 4. The van der Waals surface area contributed by atoms with Gasteiger partial charge in [0.15, 0.2) is 0 Å². The molecule has 0 unspecified atom stereocenters. The van der Waals surface area contributed by atoms with Crippen LogP contribution >= 0.6 is 0 Å². The molecule has 2 aromatic carbocycles. The molecule has 0 aliphatic carbocycles. The van der Waals surface area contributed by atoms with Gasteiger partial charge in [0, 0.05) is 17.8 Å². The summed E-state index contributed by atoms with van der Waals surface area (Å²) >= 11 is 0. The first-order valence-corrected chi connectivity index (χ1v) is 6.76. The third kappa shape index (κ3) is 3.85. The quantitative estimate of drug-likeness (QED) is 0.834. The van der Waals surface area contributed by atoms with Crippen LogP contribution in [0.15, 0.2) is 42.5 Å². The summed E-state index contributed by atoms with van der Waals surface area (Å²) in [6.07, 6.45) is 1.19. The number of nitrogens with two attached hydrogens (primary N) is 1. The number of nitrogen functional groups attached to an aromatic ring is 1. The number of carbonyl (C=O) groups excluding carboxylic acids is 1. The first-order valence-electron chi connectivity index (χ1n) is 6.76. The Labute approximate surface area is 119 Å². The van der Waals surface area contributed by atoms with E-state index in [-0.39, 0.29) is 5.91 Å². The molecule has 0 radical (unpaired) electrons. The lowest BCUT2D eigenvalue weighted by molar-refractivity contribution is -0.116. The molecule has 1 amide bonds. The molecule has 0 atom stereocenters. The largest absolute Gasteiger partial charge is 0.399 e. The summed E-state index contributed by atoms with van der Waals surface area (Å²) in [7, 11) is 0. The van der Waals surface area contributed by atoms with Gasteiger partial charge in [-0.3, -0.25) is 4.79 Å². The van der Waals surface area contributed by atoms with Crippen LogP contribution in [0.1, 0.15) is 23.1 Å². The van der Waals surface area contributed by atoms with Crippen molar-refractivity contribution in [3.05, 3.63) is 59.2 Å². The highest BCUT2D eigenvalue weighted by Crippen LogP contribution is 2.15. The monoisotopic (exact) mass is 268 g/mol. The van der Waals surface area contributed by atoms with Gasteiger partial charge in [0.25, 0.3) is 0 Å². The van der Waals surface area contributed by atoms with E-state index in [0.717, 1.165) is 23.4 Å². The molecule has 3 nitrogen and oxygen atoms in total. The molecule has 20 heavy (non-hydrogen) atoms. The van der Waals surface area contributed by atoms with Gasteiger partial charge in [-0.05, 0) is 61.2 Å². The van der Waals surface area contributed by atoms with Gasteiger partial charge in [-0.1, -0.05) is 18.2 Å². The van der Waals surface area contributed by atoms with Gasteiger partial charge in [0.1, 0.15) is 0 Å². The highest BCUT2D eigenvalue weighted by molar-refractivity contribution is 5.90. The molecule has 0 heterocycles. The molecule has 104 valence electrons. The Kier molecular flexibility index (Phi) is 4.41. The smallest absolute Gasteiger partial charge is 0.224 e. The number of amides is 1. The summed E-state index contributed by atoms with van der Waals surface area (Å²) < 4.78 is 0. The third-order valence-corrected chi connectivity index (χ3v) is 3.41. The Bertz CT molecular complexity index is 603. The van der Waals surface area contributed by atoms with Gasteiger partial charge in [0.05, 0.1) is 0 Å². The predicted molar refractivity (Wildman–Crippen MR) is 83.7 cm³/mol. The number of aryl methyl sites for hydroxylation is 3. The molecule has 0 fully saturated rings. The molecule has 0 spiro atoms. The Hall–Kier alpha value is -2.29. The van der Waals surface area contributed by atoms with Gasteiger partial charge < -0.3 is 11.1 Å². The average molecular weight is 268 g/mol. The van der Waals surface area contributed by atoms with E-state index < -0.39 is 0 Å². The van der Waals surface area contributed by atoms with Crippen LogP contribution in [-0.2, 0) is 11.2 Å². The first kappa shape index (κ1) is 14.1. The lowest BCUT2D eigenvalue weighted by atomic mass is 10.1. The number of benzene rings is 2. The van der Waals surface area contributed by atoms with Crippen LogP contribution in [0.5, 0.6) is 0 Å². The Morgan fingerprint density at radius 2 is 1.75 bits per heavy atom. The van der Waals surface area contributed by atoms with Crippen LogP contribution < -0.4 is 11.1 Å². The maximum Gasteiger partial charge on any atom is 0.224 e. The minimum atomic E-state index is 0.0325. The topological polar surface area (TPSA) is 55.1 Å². The fraction of sp³-hybridized carbons (Fsp3) is 0.235. The highest BCUT2D eigenvalue weighted by Gasteiger charge is 2.04. The summed E-state index contributed by atoms with van der Waals surface area (Å²) in [5, 5.41) is 2.93. The van der Waals surface area contributed by atoms with Gasteiger partial charge in [-0.15, -0.1) is 0 Å². The second-order valence-corrected chi connectivity index (χ2v) is 5.09. The Morgan fingerprint density at radius 1 is 1.05 bits per heavy atom. The Balaban J connectivity index is 1.89. The van der Waals surface area contributed by atoms with E-state index in [4.69, 9.17) is 5.73 Å². The fourth-order valence-corrected chi connectivity index (χ4v) is 1.98. The molecule has 3 N–H and O–H groups in total. The van der Waals surface area contributed by atoms with Crippen LogP contribution in [0.2, 0.25) is 0 Å². The van der Waals surface area contributed by atoms with E-state index in [1.54, 1.807) is 0 Å². The van der Waals surface area contributed by atoms with E-state index in [0.29, 0.717) is 6.42 Å². The van der Waals surface area contributed by atoms with Crippen molar-refractivity contribution in [2.45, 2.75) is 26.7 Å². The molecule has 0 aliphatic rings. The zero-order chi connectivity index (χ0) is 14.5. The molecule has 0 aromatic heterocycles. The van der Waals surface area contributed by atoms with Crippen molar-refractivity contribution < 1.29 is 4.79 Å². The van der Waals surface area contributed by atoms with Gasteiger partial charge in [0.2, 0.25) is 5.91 Å². The van der Waals surface area contributed by atoms with Crippen molar-refractivity contribution in [1.82, 2.24) is 0 Å². The maximum absolute atomic E-state index is 11.9. The van der Waals surface area contributed by atoms with Crippen LogP contribution in [0.25, 0.3) is 0 Å². The van der Waals surface area contributed by atoms with E-state index in [1.165, 1.54) is 11.1 Å². The average Bonchev–Trinajstić information content (AvgIpc) is 2.42. The van der Waals surface area contributed by atoms with Crippen molar-refractivity contribution >= 4 is 17.3 Å². The SMILES string of the molecule is Cc1ccc(NC(=O)CCc2ccc(N)cc2)cc1C. The zero-order valence-electron chi connectivity index (χ0n) is 11.9. The van der Waals surface area contributed by atoms with Crippen molar-refractivity contribution in [1.29, 1.82) is 0 Å². The number of anilines is 2. The molecule has 0 saturated carbocycles. The molecular weight excluding hydrogens is 248 g/mol. The highest BCUT2D eigenvalue weighted by atomic mass is 16.1. The molecular formula is C17H20N2O. The molecule has 0 aliphatic heterocycles. The summed E-state index contributed by atoms with van der Waals surface area (Å²) in [5.74, 6) is 0.0325. The van der Waals surface area contributed by atoms with E-state index in [2.05, 4.69) is 12.2 Å². The minimum Gasteiger partial charge on any atom is -0.399 e. The summed E-state index contributed by atoms with van der Waals surface area (Å²) in [6.45, 7) is 4.10. The van der Waals surface area contributed by atoms with Crippen LogP contribution in [0, 0.1) is 13.8 Å². The zero-order valence-corrected chi connectivity index (χ0v) is 11.9. The van der Waals surface area contributed by atoms with Crippen molar-refractivity contribution in [3.63, 3.8) is 0 Å². The van der Waals surface area contributed by atoms with Crippen molar-refractivity contribution in [2.24, 2.45) is 0 Å². The number of nitrogens with one attached hydrogen (secondary N) is 1. The molecule has 0 bridgehead atoms. The van der Waals surface area contributed by atoms with E-state index in [1.807, 2.05) is 49.4 Å². The normalized spacial score (nSPS) is 10.3. The number of carbonyl (C=O) groups is 1. The van der Waals surface area contributed by atoms with Gasteiger partial charge >= 0.3 is 0 Å². The fourth-order valence-electron chi connectivity index (χ4n) is 1.98. The molecule has 2 aromatic rings. The van der Waals surface area contributed by atoms with Gasteiger partial charge in [-0.25, -0.2) is 0 Å². The van der Waals surface area contributed by atoms with Crippen LogP contribution in [0.4, 0.5) is 11.4 Å². The number of hydrogen-bond acceptors (Lipinski definition) is 2. The Morgan fingerprint density at radius 3 is 2.40 bits per heavy atom. The second-order valence-electron chi connectivity index (χ2n) is 5.09. The van der Waals surface area contributed by atoms with Crippen molar-refractivity contribution in [3.8, 4) is 0 Å². The predicted octanol–water partition coefficient (Wildman–Crippen LogP) is 3.46. The second kappa shape index (κ2) is 6.24. The summed E-state index contributed by atoms with van der Waals surface area (Å²) in [6, 6.07) is 13.6. The van der Waals surface area contributed by atoms with Gasteiger partial charge in [-0.2, -0.15) is 0 Å². The lowest BCUT2D eigenvalue weighted by Gasteiger charge is -2.08. The maximum atomic E-state index is 11.9. The van der Waals surface area contributed by atoms with E-state index >= 15 is 0 Å². The first-order chi connectivity index (χ1) is 9.54. The lowest BCUT2D eigenvalue weighted by Crippen LogP contribution is -2.12. The molecule has 2 rings (SSSR count). The molecule has 3 heteroatoms. The number of hydrogen-bond donors (Lipinski definition) is 2. The minimum absolute atomic E-state index is 0.0325. The van der Waals surface area contributed by atoms with E-state index in [9.17, 15) is 4.79 Å². The standard InChI is InChI=1S/C17H20N2O/c1-12-3-9-16(11-13(12)2)19-17(20)10-6-14-4-7-15(18)8-5-14/h3-5,7-9,11H,6,10,18H2,1-2H3,(H,19,20). The summed E-state index contributed by atoms with van der Waals surface area (Å²) in [5.41, 5.74) is 10.8. The summed E-state index contributed by atoms with van der Waals surface area (Å²) in [4.78, 5) is 11.9. The third-order valence-electron chi connectivity index (χ3n) is 3.41. The van der Waals surface area contributed by atoms with Crippen LogP contribution in [0.3, 0.4) is 0 Å². The molecule has 0 saturated heterocycles. The van der Waals surface area contributed by atoms with Crippen LogP contribution in [-0.4, -0.2) is 5.91 Å².